The molecule has 0 fully saturated rings. The molecule has 16 heavy (non-hydrogen) atoms. The Labute approximate surface area is 101 Å². The van der Waals surface area contributed by atoms with Crippen LogP contribution in [0.1, 0.15) is 19.0 Å². The average molecular weight is 244 g/mol. The molecule has 0 amide bonds. The van der Waals surface area contributed by atoms with Gasteiger partial charge in [0.25, 0.3) is 5.22 Å². The van der Waals surface area contributed by atoms with Crippen LogP contribution in [0, 0.1) is 6.92 Å². The summed E-state index contributed by atoms with van der Waals surface area (Å²) in [7, 11) is 1.73. The number of ether oxygens (including phenoxy) is 1. The standard InChI is InChI=1S/C11H20N2O2S/c1-9-8-15-11(13-9)16-10(2)7-12-5-4-6-14-3/h8,10,12H,4-7H2,1-3H3. The van der Waals surface area contributed by atoms with E-state index in [1.54, 1.807) is 25.1 Å². The van der Waals surface area contributed by atoms with Crippen molar-refractivity contribution in [1.82, 2.24) is 10.3 Å². The smallest absolute Gasteiger partial charge is 0.256 e. The molecule has 1 aromatic heterocycles. The maximum atomic E-state index is 5.28. The molecule has 1 rings (SSSR count). The maximum Gasteiger partial charge on any atom is 0.256 e. The van der Waals surface area contributed by atoms with Gasteiger partial charge in [0, 0.05) is 25.5 Å². The first-order valence-corrected chi connectivity index (χ1v) is 6.38. The number of nitrogens with zero attached hydrogens (tertiary/aromatic N) is 1. The zero-order chi connectivity index (χ0) is 11.8. The first-order valence-electron chi connectivity index (χ1n) is 5.51. The highest BCUT2D eigenvalue weighted by Crippen LogP contribution is 2.21. The van der Waals surface area contributed by atoms with Gasteiger partial charge >= 0.3 is 0 Å². The van der Waals surface area contributed by atoms with E-state index in [2.05, 4.69) is 17.2 Å². The van der Waals surface area contributed by atoms with Gasteiger partial charge in [0.1, 0.15) is 6.26 Å². The summed E-state index contributed by atoms with van der Waals surface area (Å²) < 4.78 is 10.3. The topological polar surface area (TPSA) is 47.3 Å². The SMILES string of the molecule is COCCCNCC(C)Sc1nc(C)co1. The van der Waals surface area contributed by atoms with Crippen LogP contribution in [0.2, 0.25) is 0 Å². The van der Waals surface area contributed by atoms with Crippen molar-refractivity contribution in [2.45, 2.75) is 30.7 Å². The first kappa shape index (κ1) is 13.5. The van der Waals surface area contributed by atoms with Gasteiger partial charge in [-0.2, -0.15) is 0 Å². The summed E-state index contributed by atoms with van der Waals surface area (Å²) in [6.45, 7) is 6.85. The van der Waals surface area contributed by atoms with Crippen molar-refractivity contribution >= 4 is 11.8 Å². The molecule has 1 aromatic rings. The lowest BCUT2D eigenvalue weighted by molar-refractivity contribution is 0.194. The Kier molecular flexibility index (Phi) is 6.52. The van der Waals surface area contributed by atoms with Crippen molar-refractivity contribution < 1.29 is 9.15 Å². The lowest BCUT2D eigenvalue weighted by atomic mass is 10.4. The zero-order valence-electron chi connectivity index (χ0n) is 10.2. The number of hydrogen-bond acceptors (Lipinski definition) is 5. The predicted molar refractivity (Wildman–Crippen MR) is 65.9 cm³/mol. The van der Waals surface area contributed by atoms with Gasteiger partial charge in [0.2, 0.25) is 0 Å². The van der Waals surface area contributed by atoms with Gasteiger partial charge in [-0.3, -0.25) is 0 Å². The third kappa shape index (κ3) is 5.53. The molecule has 0 saturated carbocycles. The molecule has 4 nitrogen and oxygen atoms in total. The van der Waals surface area contributed by atoms with Crippen LogP contribution < -0.4 is 5.32 Å². The minimum absolute atomic E-state index is 0.459. The molecule has 5 heteroatoms. The molecular formula is C11H20N2O2S. The summed E-state index contributed by atoms with van der Waals surface area (Å²) in [6.07, 6.45) is 2.73. The summed E-state index contributed by atoms with van der Waals surface area (Å²) in [4.78, 5) is 4.26. The highest BCUT2D eigenvalue weighted by Gasteiger charge is 2.08. The van der Waals surface area contributed by atoms with E-state index in [9.17, 15) is 0 Å². The Morgan fingerprint density at radius 2 is 2.44 bits per heavy atom. The van der Waals surface area contributed by atoms with E-state index in [0.717, 1.165) is 37.0 Å². The molecule has 1 atom stereocenters. The zero-order valence-corrected chi connectivity index (χ0v) is 11.0. The first-order chi connectivity index (χ1) is 7.72. The number of oxazole rings is 1. The molecule has 0 saturated heterocycles. The van der Waals surface area contributed by atoms with Crippen LogP contribution >= 0.6 is 11.8 Å². The van der Waals surface area contributed by atoms with Gasteiger partial charge in [-0.15, -0.1) is 0 Å². The third-order valence-corrected chi connectivity index (χ3v) is 2.99. The molecule has 92 valence electrons. The van der Waals surface area contributed by atoms with Crippen molar-refractivity contribution in [1.29, 1.82) is 0 Å². The minimum atomic E-state index is 0.459. The van der Waals surface area contributed by atoms with Crippen molar-refractivity contribution in [3.63, 3.8) is 0 Å². The van der Waals surface area contributed by atoms with Crippen molar-refractivity contribution in [3.8, 4) is 0 Å². The van der Waals surface area contributed by atoms with Gasteiger partial charge in [-0.1, -0.05) is 18.7 Å². The van der Waals surface area contributed by atoms with Crippen LogP contribution in [0.3, 0.4) is 0 Å². The summed E-state index contributed by atoms with van der Waals surface area (Å²) >= 11 is 1.66. The van der Waals surface area contributed by atoms with Gasteiger partial charge < -0.3 is 14.5 Å². The summed E-state index contributed by atoms with van der Waals surface area (Å²) in [5.41, 5.74) is 0.933. The molecule has 0 spiro atoms. The fourth-order valence-corrected chi connectivity index (χ4v) is 2.09. The predicted octanol–water partition coefficient (Wildman–Crippen LogP) is 2.09. The molecular weight excluding hydrogens is 224 g/mol. The normalized spacial score (nSPS) is 12.9. The van der Waals surface area contributed by atoms with Crippen LogP contribution in [0.15, 0.2) is 15.9 Å². The molecule has 0 aliphatic carbocycles. The number of thioether (sulfide) groups is 1. The Balaban J connectivity index is 2.09. The van der Waals surface area contributed by atoms with Crippen molar-refractivity contribution in [2.24, 2.45) is 0 Å². The highest BCUT2D eigenvalue weighted by molar-refractivity contribution is 7.99. The average Bonchev–Trinajstić information content (AvgIpc) is 2.63. The van der Waals surface area contributed by atoms with Crippen LogP contribution in [0.5, 0.6) is 0 Å². The number of aromatic nitrogens is 1. The minimum Gasteiger partial charge on any atom is -0.440 e. The van der Waals surface area contributed by atoms with E-state index in [1.807, 2.05) is 6.92 Å². The number of methoxy groups -OCH3 is 1. The fraction of sp³-hybridized carbons (Fsp3) is 0.727. The molecule has 0 aliphatic rings. The molecule has 1 unspecified atom stereocenters. The number of hydrogen-bond donors (Lipinski definition) is 1. The van der Waals surface area contributed by atoms with Crippen LogP contribution in [-0.2, 0) is 4.74 Å². The lowest BCUT2D eigenvalue weighted by Gasteiger charge is -2.09. The lowest BCUT2D eigenvalue weighted by Crippen LogP contribution is -2.24. The van der Waals surface area contributed by atoms with Crippen LogP contribution in [0.25, 0.3) is 0 Å². The number of nitrogens with one attached hydrogen (secondary N) is 1. The Bertz CT molecular complexity index is 291. The third-order valence-electron chi connectivity index (χ3n) is 2.03. The monoisotopic (exact) mass is 244 g/mol. The second-order valence-corrected chi connectivity index (χ2v) is 5.12. The second kappa shape index (κ2) is 7.70. The molecule has 0 bridgehead atoms. The van der Waals surface area contributed by atoms with E-state index in [0.29, 0.717) is 5.25 Å². The van der Waals surface area contributed by atoms with Gasteiger partial charge in [0.15, 0.2) is 0 Å². The molecule has 1 N–H and O–H groups in total. The fourth-order valence-electron chi connectivity index (χ4n) is 1.25. The number of rotatable bonds is 8. The Morgan fingerprint density at radius 3 is 3.06 bits per heavy atom. The van der Waals surface area contributed by atoms with E-state index in [-0.39, 0.29) is 0 Å². The van der Waals surface area contributed by atoms with Crippen molar-refractivity contribution in [3.05, 3.63) is 12.0 Å². The van der Waals surface area contributed by atoms with Gasteiger partial charge in [0.05, 0.1) is 5.69 Å². The summed E-state index contributed by atoms with van der Waals surface area (Å²) in [5.74, 6) is 0. The Hall–Kier alpha value is -0.520. The molecule has 0 radical (unpaired) electrons. The van der Waals surface area contributed by atoms with Crippen LogP contribution in [0.4, 0.5) is 0 Å². The van der Waals surface area contributed by atoms with Gasteiger partial charge in [-0.05, 0) is 19.9 Å². The highest BCUT2D eigenvalue weighted by atomic mass is 32.2. The summed E-state index contributed by atoms with van der Waals surface area (Å²) in [6, 6.07) is 0. The number of aryl methyl sites for hydroxylation is 1. The molecule has 1 heterocycles. The quantitative estimate of drug-likeness (QED) is 0.560. The van der Waals surface area contributed by atoms with E-state index >= 15 is 0 Å². The molecule has 0 aromatic carbocycles. The van der Waals surface area contributed by atoms with Gasteiger partial charge in [-0.25, -0.2) is 4.98 Å². The summed E-state index contributed by atoms with van der Waals surface area (Å²) in [5, 5.41) is 4.59. The van der Waals surface area contributed by atoms with Crippen LogP contribution in [-0.4, -0.2) is 37.0 Å². The van der Waals surface area contributed by atoms with E-state index < -0.39 is 0 Å². The van der Waals surface area contributed by atoms with Crippen molar-refractivity contribution in [2.75, 3.05) is 26.8 Å². The maximum absolute atomic E-state index is 5.28. The van der Waals surface area contributed by atoms with E-state index in [1.165, 1.54) is 0 Å². The van der Waals surface area contributed by atoms with E-state index in [4.69, 9.17) is 9.15 Å². The Morgan fingerprint density at radius 1 is 1.62 bits per heavy atom. The largest absolute Gasteiger partial charge is 0.440 e. The molecule has 0 aliphatic heterocycles. The second-order valence-electron chi connectivity index (χ2n) is 3.73.